The van der Waals surface area contributed by atoms with Crippen molar-refractivity contribution in [3.8, 4) is 0 Å². The molecule has 0 bridgehead atoms. The minimum atomic E-state index is 1.25. The number of hydrogen-bond acceptors (Lipinski definition) is 1. The number of thioether (sulfide) groups is 1. The molecule has 1 aromatic rings. The van der Waals surface area contributed by atoms with Crippen molar-refractivity contribution in [3.05, 3.63) is 48.7 Å². The molecular formula is C9H9S. The first-order chi connectivity index (χ1) is 4.93. The molecule has 1 heteroatoms. The van der Waals surface area contributed by atoms with Crippen molar-refractivity contribution in [2.24, 2.45) is 0 Å². The van der Waals surface area contributed by atoms with Gasteiger partial charge in [-0.25, -0.2) is 0 Å². The summed E-state index contributed by atoms with van der Waals surface area (Å²) in [6.45, 7) is 3.60. The van der Waals surface area contributed by atoms with Crippen molar-refractivity contribution >= 4 is 11.8 Å². The lowest BCUT2D eigenvalue weighted by molar-refractivity contribution is 1.47. The summed E-state index contributed by atoms with van der Waals surface area (Å²) in [6.07, 6.45) is 1.79. The molecule has 0 spiro atoms. The van der Waals surface area contributed by atoms with Crippen LogP contribution in [-0.2, 0) is 0 Å². The third-order valence-corrected chi connectivity index (χ3v) is 1.92. The van der Waals surface area contributed by atoms with E-state index in [0.717, 1.165) is 0 Å². The van der Waals surface area contributed by atoms with Crippen LogP contribution in [-0.4, -0.2) is 0 Å². The predicted octanol–water partition coefficient (Wildman–Crippen LogP) is 3.13. The molecule has 0 unspecified atom stereocenters. The van der Waals surface area contributed by atoms with Crippen LogP contribution >= 0.6 is 11.8 Å². The Bertz CT molecular complexity index is 191. The first kappa shape index (κ1) is 7.42. The lowest BCUT2D eigenvalue weighted by atomic mass is 10.5. The highest BCUT2D eigenvalue weighted by Gasteiger charge is 1.86. The monoisotopic (exact) mass is 151 g/mol. The minimum absolute atomic E-state index is 1.25. The fraction of sp³-hybridized carbons (Fsp3) is 0. The fourth-order valence-electron chi connectivity index (χ4n) is 0.626. The molecule has 0 nitrogen and oxygen atoms in total. The second kappa shape index (κ2) is 4.18. The summed E-state index contributed by atoms with van der Waals surface area (Å²) < 4.78 is 0. The van der Waals surface area contributed by atoms with Crippen LogP contribution in [0.25, 0.3) is 0 Å². The zero-order valence-corrected chi connectivity index (χ0v) is 6.47. The van der Waals surface area contributed by atoms with Gasteiger partial charge in [0.15, 0.2) is 0 Å². The van der Waals surface area contributed by atoms with Gasteiger partial charge in [-0.15, -0.1) is 18.3 Å². The van der Waals surface area contributed by atoms with Gasteiger partial charge in [0.2, 0.25) is 0 Å². The second-order valence-electron chi connectivity index (χ2n) is 1.80. The Kier molecular flexibility index (Phi) is 3.10. The SMILES string of the molecule is C=C[CH]S[14c]1ccccc1. The molecule has 0 saturated heterocycles. The van der Waals surface area contributed by atoms with Gasteiger partial charge in [0.1, 0.15) is 0 Å². The van der Waals surface area contributed by atoms with Gasteiger partial charge in [-0.05, 0) is 12.1 Å². The standard InChI is InChI=1S/C9H9S/c1-2-8-10-9-6-4-3-5-7-9/h2-8H,1H2/i9+2. The van der Waals surface area contributed by atoms with E-state index >= 15 is 0 Å². The highest BCUT2D eigenvalue weighted by atomic mass is 32.2. The lowest BCUT2D eigenvalue weighted by Crippen LogP contribution is -1.65. The van der Waals surface area contributed by atoms with Gasteiger partial charge in [0, 0.05) is 10.6 Å². The van der Waals surface area contributed by atoms with Gasteiger partial charge >= 0.3 is 0 Å². The molecule has 0 saturated carbocycles. The van der Waals surface area contributed by atoms with Crippen LogP contribution in [0.15, 0.2) is 47.9 Å². The first-order valence-corrected chi connectivity index (χ1v) is 3.97. The molecule has 0 fully saturated rings. The Morgan fingerprint density at radius 2 is 1.90 bits per heavy atom. The van der Waals surface area contributed by atoms with E-state index in [9.17, 15) is 0 Å². The first-order valence-electron chi connectivity index (χ1n) is 3.09. The molecule has 0 aromatic heterocycles. The van der Waals surface area contributed by atoms with Gasteiger partial charge in [-0.1, -0.05) is 24.3 Å². The maximum absolute atomic E-state index is 3.60. The predicted molar refractivity (Wildman–Crippen MR) is 46.8 cm³/mol. The van der Waals surface area contributed by atoms with Crippen molar-refractivity contribution in [3.63, 3.8) is 0 Å². The van der Waals surface area contributed by atoms with Crippen LogP contribution in [0.1, 0.15) is 0 Å². The van der Waals surface area contributed by atoms with E-state index in [1.165, 1.54) is 4.90 Å². The molecule has 0 N–H and O–H groups in total. The average molecular weight is 151 g/mol. The summed E-state index contributed by atoms with van der Waals surface area (Å²) in [4.78, 5) is 1.25. The maximum atomic E-state index is 3.60. The van der Waals surface area contributed by atoms with E-state index in [-0.39, 0.29) is 0 Å². The highest BCUT2D eigenvalue weighted by molar-refractivity contribution is 8.01. The Morgan fingerprint density at radius 1 is 1.20 bits per heavy atom. The summed E-state index contributed by atoms with van der Waals surface area (Å²) in [5, 5.41) is 0. The molecule has 51 valence electrons. The van der Waals surface area contributed by atoms with E-state index in [1.54, 1.807) is 17.8 Å². The summed E-state index contributed by atoms with van der Waals surface area (Å²) in [5.74, 6) is 1.97. The van der Waals surface area contributed by atoms with E-state index < -0.39 is 0 Å². The van der Waals surface area contributed by atoms with Gasteiger partial charge in [0.05, 0.1) is 0 Å². The molecule has 0 amide bonds. The minimum Gasteiger partial charge on any atom is -0.117 e. The Morgan fingerprint density at radius 3 is 2.50 bits per heavy atom. The topological polar surface area (TPSA) is 0 Å². The number of benzene rings is 1. The van der Waals surface area contributed by atoms with Crippen LogP contribution in [0.5, 0.6) is 0 Å². The second-order valence-corrected chi connectivity index (χ2v) is 2.78. The van der Waals surface area contributed by atoms with Gasteiger partial charge in [-0.2, -0.15) is 0 Å². The maximum Gasteiger partial charge on any atom is 0.0429 e. The van der Waals surface area contributed by atoms with Crippen molar-refractivity contribution in [2.75, 3.05) is 0 Å². The summed E-state index contributed by atoms with van der Waals surface area (Å²) in [6, 6.07) is 10.2. The van der Waals surface area contributed by atoms with Gasteiger partial charge < -0.3 is 0 Å². The van der Waals surface area contributed by atoms with Gasteiger partial charge in [0.25, 0.3) is 0 Å². The van der Waals surface area contributed by atoms with E-state index in [0.29, 0.717) is 0 Å². The van der Waals surface area contributed by atoms with Gasteiger partial charge in [-0.3, -0.25) is 0 Å². The fourth-order valence-corrected chi connectivity index (χ4v) is 1.19. The summed E-state index contributed by atoms with van der Waals surface area (Å²) >= 11 is 1.68. The molecule has 0 aliphatic heterocycles. The number of rotatable bonds is 3. The zero-order valence-electron chi connectivity index (χ0n) is 5.66. The lowest BCUT2D eigenvalue weighted by Gasteiger charge is -1.93. The normalized spacial score (nSPS) is 9.20. The molecule has 0 aliphatic carbocycles. The van der Waals surface area contributed by atoms with Crippen molar-refractivity contribution in [2.45, 2.75) is 4.90 Å². The average Bonchev–Trinajstić information content (AvgIpc) is 2.03. The van der Waals surface area contributed by atoms with Crippen LogP contribution in [0.4, 0.5) is 0 Å². The Balaban J connectivity index is 2.50. The molecular weight excluding hydrogens is 142 g/mol. The van der Waals surface area contributed by atoms with Crippen LogP contribution < -0.4 is 0 Å². The molecule has 10 heavy (non-hydrogen) atoms. The third-order valence-electron chi connectivity index (χ3n) is 1.04. The summed E-state index contributed by atoms with van der Waals surface area (Å²) in [5.41, 5.74) is 0. The largest absolute Gasteiger partial charge is 0.117 e. The van der Waals surface area contributed by atoms with Crippen LogP contribution in [0.3, 0.4) is 0 Å². The van der Waals surface area contributed by atoms with E-state index in [1.807, 2.05) is 24.0 Å². The highest BCUT2D eigenvalue weighted by Crippen LogP contribution is 2.19. The number of hydrogen-bond donors (Lipinski definition) is 0. The van der Waals surface area contributed by atoms with E-state index in [2.05, 4.69) is 18.7 Å². The summed E-state index contributed by atoms with van der Waals surface area (Å²) in [7, 11) is 0. The Hall–Kier alpha value is -0.690. The molecule has 1 rings (SSSR count). The molecule has 0 atom stereocenters. The molecule has 1 radical (unpaired) electrons. The zero-order chi connectivity index (χ0) is 7.23. The smallest absolute Gasteiger partial charge is 0.0429 e. The third kappa shape index (κ3) is 2.28. The molecule has 0 aliphatic rings. The van der Waals surface area contributed by atoms with Crippen LogP contribution in [0.2, 0.25) is 0 Å². The van der Waals surface area contributed by atoms with Crippen LogP contribution in [0, 0.1) is 5.75 Å². The van der Waals surface area contributed by atoms with Crippen molar-refractivity contribution < 1.29 is 0 Å². The van der Waals surface area contributed by atoms with E-state index in [4.69, 9.17) is 0 Å². The molecule has 1 aromatic carbocycles. The quantitative estimate of drug-likeness (QED) is 0.598. The van der Waals surface area contributed by atoms with Crippen molar-refractivity contribution in [1.29, 1.82) is 0 Å². The Labute approximate surface area is 66.0 Å². The molecule has 0 heterocycles. The van der Waals surface area contributed by atoms with Crippen molar-refractivity contribution in [1.82, 2.24) is 0 Å².